The second-order valence-corrected chi connectivity index (χ2v) is 6.32. The largest absolute Gasteiger partial charge is 0.467 e. The smallest absolute Gasteiger partial charge is 0.222 e. The second kappa shape index (κ2) is 9.08. The lowest BCUT2D eigenvalue weighted by molar-refractivity contribution is -0.128. The van der Waals surface area contributed by atoms with Crippen LogP contribution in [-0.4, -0.2) is 29.9 Å². The third-order valence-electron chi connectivity index (χ3n) is 4.41. The van der Waals surface area contributed by atoms with Crippen LogP contribution in [0.15, 0.2) is 52.1 Å². The van der Waals surface area contributed by atoms with E-state index >= 15 is 0 Å². The molecule has 2 aromatic rings. The number of rotatable bonds is 7. The number of guanidine groups is 1. The number of nitrogens with zero attached hydrogens (tertiary/aromatic N) is 2. The molecule has 6 heteroatoms. The summed E-state index contributed by atoms with van der Waals surface area (Å²) < 4.78 is 5.35. The molecule has 1 amide bonds. The molecule has 0 radical (unpaired) electrons. The first-order valence-corrected chi connectivity index (χ1v) is 9.15. The van der Waals surface area contributed by atoms with E-state index in [1.165, 1.54) is 0 Å². The number of likely N-dealkylation sites (tertiary alicyclic amines) is 1. The molecule has 138 valence electrons. The van der Waals surface area contributed by atoms with Gasteiger partial charge in [-0.3, -0.25) is 4.79 Å². The van der Waals surface area contributed by atoms with Crippen LogP contribution >= 0.6 is 0 Å². The second-order valence-electron chi connectivity index (χ2n) is 6.32. The Labute approximate surface area is 154 Å². The lowest BCUT2D eigenvalue weighted by Crippen LogP contribution is -2.36. The van der Waals surface area contributed by atoms with Crippen molar-refractivity contribution in [1.29, 1.82) is 0 Å². The number of furan rings is 1. The van der Waals surface area contributed by atoms with Crippen molar-refractivity contribution in [3.63, 3.8) is 0 Å². The lowest BCUT2D eigenvalue weighted by Gasteiger charge is -2.18. The van der Waals surface area contributed by atoms with E-state index in [4.69, 9.17) is 4.42 Å². The highest BCUT2D eigenvalue weighted by molar-refractivity contribution is 5.79. The van der Waals surface area contributed by atoms with Crippen molar-refractivity contribution in [1.82, 2.24) is 15.5 Å². The lowest BCUT2D eigenvalue weighted by atomic mass is 10.1. The van der Waals surface area contributed by atoms with Crippen LogP contribution in [0.4, 0.5) is 0 Å². The predicted octanol–water partition coefficient (Wildman–Crippen LogP) is 2.66. The number of aliphatic imine (C=N–C) groups is 1. The average Bonchev–Trinajstić information content (AvgIpc) is 3.31. The minimum Gasteiger partial charge on any atom is -0.467 e. The van der Waals surface area contributed by atoms with Gasteiger partial charge < -0.3 is 20.0 Å². The monoisotopic (exact) mass is 354 g/mol. The van der Waals surface area contributed by atoms with Gasteiger partial charge in [0.25, 0.3) is 0 Å². The molecule has 0 aliphatic carbocycles. The fraction of sp³-hybridized carbons (Fsp3) is 0.400. The Morgan fingerprint density at radius 1 is 1.19 bits per heavy atom. The Kier molecular flexibility index (Phi) is 6.30. The first kappa shape index (κ1) is 18.0. The van der Waals surface area contributed by atoms with Gasteiger partial charge >= 0.3 is 0 Å². The number of hydrogen-bond donors (Lipinski definition) is 2. The van der Waals surface area contributed by atoms with E-state index in [0.29, 0.717) is 26.1 Å². The van der Waals surface area contributed by atoms with E-state index in [2.05, 4.69) is 27.8 Å². The van der Waals surface area contributed by atoms with Gasteiger partial charge in [0.1, 0.15) is 5.76 Å². The predicted molar refractivity (Wildman–Crippen MR) is 101 cm³/mol. The van der Waals surface area contributed by atoms with Crippen LogP contribution in [-0.2, 0) is 24.4 Å². The van der Waals surface area contributed by atoms with E-state index in [1.54, 1.807) is 6.26 Å². The molecule has 1 aliphatic heterocycles. The van der Waals surface area contributed by atoms with Crippen molar-refractivity contribution in [3.8, 4) is 0 Å². The molecule has 0 saturated carbocycles. The quantitative estimate of drug-likeness (QED) is 0.592. The topological polar surface area (TPSA) is 69.9 Å². The third kappa shape index (κ3) is 4.88. The van der Waals surface area contributed by atoms with Crippen molar-refractivity contribution in [2.24, 2.45) is 4.99 Å². The van der Waals surface area contributed by atoms with Gasteiger partial charge in [-0.15, -0.1) is 0 Å². The molecule has 2 N–H and O–H groups in total. The standard InChI is InChI=1S/C20H26N4O2/c1-2-21-20(23-14-18-9-6-12-26-18)22-13-16-7-3-4-8-17(16)15-24-11-5-10-19(24)25/h3-4,6-9,12H,2,5,10-11,13-15H2,1H3,(H2,21,22,23). The molecule has 1 aromatic heterocycles. The molecule has 2 heterocycles. The zero-order valence-corrected chi connectivity index (χ0v) is 15.2. The molecule has 0 bridgehead atoms. The summed E-state index contributed by atoms with van der Waals surface area (Å²) in [4.78, 5) is 18.5. The zero-order valence-electron chi connectivity index (χ0n) is 15.2. The minimum absolute atomic E-state index is 0.247. The summed E-state index contributed by atoms with van der Waals surface area (Å²) in [7, 11) is 0. The van der Waals surface area contributed by atoms with E-state index in [1.807, 2.05) is 36.1 Å². The fourth-order valence-corrected chi connectivity index (χ4v) is 3.03. The molecule has 0 unspecified atom stereocenters. The molecule has 1 fully saturated rings. The SMILES string of the molecule is CCNC(=NCc1ccccc1CN1CCCC1=O)NCc1ccco1. The zero-order chi connectivity index (χ0) is 18.2. The number of hydrogen-bond acceptors (Lipinski definition) is 3. The van der Waals surface area contributed by atoms with E-state index in [9.17, 15) is 4.79 Å². The van der Waals surface area contributed by atoms with Gasteiger partial charge in [0.05, 0.1) is 19.4 Å². The van der Waals surface area contributed by atoms with Crippen LogP contribution in [0, 0.1) is 0 Å². The minimum atomic E-state index is 0.247. The van der Waals surface area contributed by atoms with E-state index in [0.717, 1.165) is 42.4 Å². The number of carbonyl (C=O) groups excluding carboxylic acids is 1. The first-order chi connectivity index (χ1) is 12.8. The highest BCUT2D eigenvalue weighted by atomic mass is 16.3. The summed E-state index contributed by atoms with van der Waals surface area (Å²) in [6.07, 6.45) is 3.29. The normalized spacial score (nSPS) is 14.7. The molecule has 0 atom stereocenters. The van der Waals surface area contributed by atoms with E-state index in [-0.39, 0.29) is 5.91 Å². The van der Waals surface area contributed by atoms with Gasteiger partial charge in [-0.1, -0.05) is 24.3 Å². The summed E-state index contributed by atoms with van der Waals surface area (Å²) >= 11 is 0. The summed E-state index contributed by atoms with van der Waals surface area (Å²) in [6.45, 7) is 5.49. The fourth-order valence-electron chi connectivity index (χ4n) is 3.03. The molecule has 0 spiro atoms. The van der Waals surface area contributed by atoms with Crippen LogP contribution in [0.1, 0.15) is 36.7 Å². The number of carbonyl (C=O) groups is 1. The average molecular weight is 354 g/mol. The summed E-state index contributed by atoms with van der Waals surface area (Å²) in [5.41, 5.74) is 2.30. The number of amides is 1. The highest BCUT2D eigenvalue weighted by Crippen LogP contribution is 2.17. The summed E-state index contributed by atoms with van der Waals surface area (Å²) in [6, 6.07) is 12.0. The van der Waals surface area contributed by atoms with Crippen molar-refractivity contribution in [2.45, 2.75) is 39.4 Å². The van der Waals surface area contributed by atoms with Crippen LogP contribution < -0.4 is 10.6 Å². The maximum atomic E-state index is 11.9. The van der Waals surface area contributed by atoms with Crippen molar-refractivity contribution >= 4 is 11.9 Å². The maximum absolute atomic E-state index is 11.9. The summed E-state index contributed by atoms with van der Waals surface area (Å²) in [5.74, 6) is 1.86. The molecular formula is C20H26N4O2. The van der Waals surface area contributed by atoms with Gasteiger partial charge in [0.2, 0.25) is 5.91 Å². The molecule has 1 aromatic carbocycles. The van der Waals surface area contributed by atoms with Crippen molar-refractivity contribution in [3.05, 3.63) is 59.5 Å². The van der Waals surface area contributed by atoms with Crippen LogP contribution in [0.2, 0.25) is 0 Å². The van der Waals surface area contributed by atoms with Gasteiger partial charge in [0.15, 0.2) is 5.96 Å². The summed E-state index contributed by atoms with van der Waals surface area (Å²) in [5, 5.41) is 6.52. The van der Waals surface area contributed by atoms with Crippen LogP contribution in [0.3, 0.4) is 0 Å². The third-order valence-corrected chi connectivity index (χ3v) is 4.41. The Morgan fingerprint density at radius 3 is 2.73 bits per heavy atom. The molecule has 1 aliphatic rings. The van der Waals surface area contributed by atoms with E-state index < -0.39 is 0 Å². The van der Waals surface area contributed by atoms with Crippen LogP contribution in [0.25, 0.3) is 0 Å². The molecule has 26 heavy (non-hydrogen) atoms. The number of benzene rings is 1. The Bertz CT molecular complexity index is 740. The highest BCUT2D eigenvalue weighted by Gasteiger charge is 2.20. The van der Waals surface area contributed by atoms with Gasteiger partial charge in [-0.05, 0) is 36.6 Å². The van der Waals surface area contributed by atoms with Crippen molar-refractivity contribution in [2.75, 3.05) is 13.1 Å². The van der Waals surface area contributed by atoms with Gasteiger partial charge in [-0.2, -0.15) is 0 Å². The number of nitrogens with one attached hydrogen (secondary N) is 2. The van der Waals surface area contributed by atoms with Gasteiger partial charge in [-0.25, -0.2) is 4.99 Å². The molecule has 3 rings (SSSR count). The molecular weight excluding hydrogens is 328 g/mol. The Balaban J connectivity index is 1.65. The maximum Gasteiger partial charge on any atom is 0.222 e. The van der Waals surface area contributed by atoms with Crippen molar-refractivity contribution < 1.29 is 9.21 Å². The van der Waals surface area contributed by atoms with Crippen LogP contribution in [0.5, 0.6) is 0 Å². The molecule has 6 nitrogen and oxygen atoms in total. The van der Waals surface area contributed by atoms with Gasteiger partial charge in [0, 0.05) is 26.1 Å². The Morgan fingerprint density at radius 2 is 2.04 bits per heavy atom. The molecule has 1 saturated heterocycles. The Hall–Kier alpha value is -2.76. The first-order valence-electron chi connectivity index (χ1n) is 9.15.